The van der Waals surface area contributed by atoms with Crippen molar-refractivity contribution in [1.82, 2.24) is 19.5 Å². The molecule has 0 radical (unpaired) electrons. The third-order valence-electron chi connectivity index (χ3n) is 2.37. The topological polar surface area (TPSA) is 110 Å². The number of aromatic nitrogens is 4. The maximum absolute atomic E-state index is 12.9. The van der Waals surface area contributed by atoms with Crippen LogP contribution in [0, 0.1) is 0 Å². The van der Waals surface area contributed by atoms with Crippen molar-refractivity contribution in [2.75, 3.05) is 12.3 Å². The highest BCUT2D eigenvalue weighted by Crippen LogP contribution is 2.08. The van der Waals surface area contributed by atoms with Crippen molar-refractivity contribution >= 4 is 17.1 Å². The molecule has 0 aromatic carbocycles. The highest BCUT2D eigenvalue weighted by Gasteiger charge is 2.11. The zero-order chi connectivity index (χ0) is 12.4. The molecule has 0 aliphatic heterocycles. The first-order valence-electron chi connectivity index (χ1n) is 5.07. The molecule has 2 heterocycles. The Labute approximate surface area is 95.1 Å². The molecule has 2 aromatic heterocycles. The fourth-order valence-electron chi connectivity index (χ4n) is 1.50. The van der Waals surface area contributed by atoms with Crippen molar-refractivity contribution in [2.45, 2.75) is 19.1 Å². The smallest absolute Gasteiger partial charge is 0.280 e. The van der Waals surface area contributed by atoms with Crippen LogP contribution in [-0.4, -0.2) is 37.4 Å². The van der Waals surface area contributed by atoms with E-state index in [-0.39, 0.29) is 24.4 Å². The normalized spacial score (nSPS) is 13.1. The molecular weight excluding hydrogens is 229 g/mol. The van der Waals surface area contributed by atoms with E-state index in [2.05, 4.69) is 15.0 Å². The summed E-state index contributed by atoms with van der Waals surface area (Å²) in [5.41, 5.74) is 5.47. The molecule has 4 N–H and O–H groups in total. The highest BCUT2D eigenvalue weighted by molar-refractivity contribution is 5.70. The first-order valence-corrected chi connectivity index (χ1v) is 5.07. The van der Waals surface area contributed by atoms with Crippen LogP contribution in [0.2, 0.25) is 0 Å². The van der Waals surface area contributed by atoms with E-state index in [1.807, 2.05) is 0 Å². The van der Waals surface area contributed by atoms with Gasteiger partial charge in [-0.2, -0.15) is 4.98 Å². The number of nitrogen functional groups attached to an aromatic ring is 1. The number of fused-ring (bicyclic) bond motifs is 1. The first kappa shape index (κ1) is 11.5. The molecule has 0 amide bonds. The minimum Gasteiger partial charge on any atom is -0.393 e. The molecule has 0 aliphatic rings. The Kier molecular flexibility index (Phi) is 3.05. The van der Waals surface area contributed by atoms with Crippen LogP contribution in [0.4, 0.5) is 10.3 Å². The van der Waals surface area contributed by atoms with Gasteiger partial charge in [-0.1, -0.05) is 0 Å². The number of H-pyrrole nitrogens is 1. The molecular formula is C9H12FN5O2. The van der Waals surface area contributed by atoms with Crippen LogP contribution in [0.5, 0.6) is 0 Å². The molecule has 7 nitrogen and oxygen atoms in total. The summed E-state index contributed by atoms with van der Waals surface area (Å²) in [4.78, 5) is 21.6. The lowest BCUT2D eigenvalue weighted by molar-refractivity contribution is 0.166. The van der Waals surface area contributed by atoms with Crippen molar-refractivity contribution in [3.63, 3.8) is 0 Å². The fraction of sp³-hybridized carbons (Fsp3) is 0.444. The van der Waals surface area contributed by atoms with E-state index in [0.29, 0.717) is 5.65 Å². The molecule has 0 bridgehead atoms. The molecule has 8 heteroatoms. The van der Waals surface area contributed by atoms with Gasteiger partial charge >= 0.3 is 0 Å². The van der Waals surface area contributed by atoms with Crippen molar-refractivity contribution in [3.8, 4) is 0 Å². The standard InChI is InChI=1S/C9H12FN5O2/c10-5(3-16)1-2-15-4-12-6-7(15)13-9(11)14-8(6)17/h4-5,16H,1-3H2,(H3,11,13,14,17). The maximum atomic E-state index is 12.9. The number of aromatic amines is 1. The van der Waals surface area contributed by atoms with Gasteiger partial charge in [-0.25, -0.2) is 9.37 Å². The first-order chi connectivity index (χ1) is 8.11. The average molecular weight is 241 g/mol. The number of aliphatic hydroxyl groups excluding tert-OH is 1. The molecule has 0 fully saturated rings. The molecule has 2 rings (SSSR count). The number of aryl methyl sites for hydroxylation is 1. The number of rotatable bonds is 4. The second-order valence-electron chi connectivity index (χ2n) is 3.63. The number of alkyl halides is 1. The lowest BCUT2D eigenvalue weighted by Gasteiger charge is -2.05. The summed E-state index contributed by atoms with van der Waals surface area (Å²) in [5, 5.41) is 8.57. The highest BCUT2D eigenvalue weighted by atomic mass is 19.1. The summed E-state index contributed by atoms with van der Waals surface area (Å²) in [6.07, 6.45) is 0.221. The van der Waals surface area contributed by atoms with Gasteiger partial charge in [0.05, 0.1) is 12.9 Å². The minimum atomic E-state index is -1.30. The second-order valence-corrected chi connectivity index (χ2v) is 3.63. The summed E-state index contributed by atoms with van der Waals surface area (Å²) in [6, 6.07) is 0. The van der Waals surface area contributed by atoms with Gasteiger partial charge < -0.3 is 15.4 Å². The third-order valence-corrected chi connectivity index (χ3v) is 2.37. The van der Waals surface area contributed by atoms with E-state index in [9.17, 15) is 9.18 Å². The van der Waals surface area contributed by atoms with Crippen LogP contribution >= 0.6 is 0 Å². The van der Waals surface area contributed by atoms with Crippen LogP contribution in [0.3, 0.4) is 0 Å². The quantitative estimate of drug-likeness (QED) is 0.663. The molecule has 92 valence electrons. The van der Waals surface area contributed by atoms with E-state index >= 15 is 0 Å². The van der Waals surface area contributed by atoms with Crippen molar-refractivity contribution in [3.05, 3.63) is 16.7 Å². The number of hydrogen-bond donors (Lipinski definition) is 3. The lowest BCUT2D eigenvalue weighted by Crippen LogP contribution is -2.14. The Morgan fingerprint density at radius 1 is 1.65 bits per heavy atom. The third kappa shape index (κ3) is 2.26. The summed E-state index contributed by atoms with van der Waals surface area (Å²) in [7, 11) is 0. The summed E-state index contributed by atoms with van der Waals surface area (Å²) in [5.74, 6) is -0.0109. The van der Waals surface area contributed by atoms with Crippen LogP contribution < -0.4 is 11.3 Å². The summed E-state index contributed by atoms with van der Waals surface area (Å²) in [6.45, 7) is -0.253. The van der Waals surface area contributed by atoms with E-state index < -0.39 is 18.3 Å². The van der Waals surface area contributed by atoms with Gasteiger partial charge in [0.15, 0.2) is 11.2 Å². The Morgan fingerprint density at radius 2 is 2.41 bits per heavy atom. The van der Waals surface area contributed by atoms with Crippen LogP contribution in [0.25, 0.3) is 11.2 Å². The van der Waals surface area contributed by atoms with Crippen molar-refractivity contribution in [1.29, 1.82) is 0 Å². The van der Waals surface area contributed by atoms with E-state index in [4.69, 9.17) is 10.8 Å². The number of hydrogen-bond acceptors (Lipinski definition) is 5. The SMILES string of the molecule is Nc1nc2c(ncn2CCC(F)CO)c(=O)[nH]1. The predicted molar refractivity (Wildman–Crippen MR) is 59.2 cm³/mol. The van der Waals surface area contributed by atoms with E-state index in [0.717, 1.165) is 0 Å². The lowest BCUT2D eigenvalue weighted by atomic mass is 10.3. The molecule has 0 saturated carbocycles. The summed E-state index contributed by atoms with van der Waals surface area (Å²) >= 11 is 0. The number of halogens is 1. The van der Waals surface area contributed by atoms with Gasteiger partial charge in [-0.15, -0.1) is 0 Å². The maximum Gasteiger partial charge on any atom is 0.280 e. The molecule has 1 unspecified atom stereocenters. The van der Waals surface area contributed by atoms with Gasteiger partial charge in [0, 0.05) is 6.54 Å². The van der Waals surface area contributed by atoms with Crippen LogP contribution in [0.15, 0.2) is 11.1 Å². The number of nitrogens with two attached hydrogens (primary N) is 1. The Balaban J connectivity index is 2.33. The zero-order valence-corrected chi connectivity index (χ0v) is 8.93. The second kappa shape index (κ2) is 4.50. The Bertz CT molecular complexity index is 578. The monoisotopic (exact) mass is 241 g/mol. The molecule has 2 aromatic rings. The van der Waals surface area contributed by atoms with E-state index in [1.165, 1.54) is 10.9 Å². The molecule has 0 spiro atoms. The zero-order valence-electron chi connectivity index (χ0n) is 8.93. The van der Waals surface area contributed by atoms with Crippen LogP contribution in [0.1, 0.15) is 6.42 Å². The number of imidazole rings is 1. The number of nitrogens with one attached hydrogen (secondary N) is 1. The Morgan fingerprint density at radius 3 is 3.12 bits per heavy atom. The van der Waals surface area contributed by atoms with Crippen molar-refractivity contribution in [2.24, 2.45) is 0 Å². The Hall–Kier alpha value is -1.96. The van der Waals surface area contributed by atoms with Crippen LogP contribution in [-0.2, 0) is 6.54 Å². The fourth-order valence-corrected chi connectivity index (χ4v) is 1.50. The minimum absolute atomic E-state index is 0.0109. The largest absolute Gasteiger partial charge is 0.393 e. The number of nitrogens with zero attached hydrogens (tertiary/aromatic N) is 3. The predicted octanol–water partition coefficient (Wildman–Crippen LogP) is -0.578. The molecule has 17 heavy (non-hydrogen) atoms. The van der Waals surface area contributed by atoms with Gasteiger partial charge in [0.25, 0.3) is 5.56 Å². The number of anilines is 1. The van der Waals surface area contributed by atoms with Gasteiger partial charge in [0.2, 0.25) is 5.95 Å². The van der Waals surface area contributed by atoms with Gasteiger partial charge in [0.1, 0.15) is 6.17 Å². The number of aliphatic hydroxyl groups is 1. The summed E-state index contributed by atoms with van der Waals surface area (Å²) < 4.78 is 14.4. The molecule has 0 aliphatic carbocycles. The average Bonchev–Trinajstić information content (AvgIpc) is 2.69. The molecule has 0 saturated heterocycles. The van der Waals surface area contributed by atoms with Gasteiger partial charge in [-0.05, 0) is 6.42 Å². The van der Waals surface area contributed by atoms with Gasteiger partial charge in [-0.3, -0.25) is 9.78 Å². The molecule has 1 atom stereocenters. The van der Waals surface area contributed by atoms with Crippen molar-refractivity contribution < 1.29 is 9.50 Å². The van der Waals surface area contributed by atoms with E-state index in [1.54, 1.807) is 0 Å².